The number of anilines is 3. The van der Waals surface area contributed by atoms with Crippen LogP contribution in [-0.4, -0.2) is 21.3 Å². The number of rotatable bonds is 6. The lowest BCUT2D eigenvalue weighted by Gasteiger charge is -2.20. The number of carbonyl (C=O) groups excluding carboxylic acids is 1. The zero-order chi connectivity index (χ0) is 20.3. The van der Waals surface area contributed by atoms with Gasteiger partial charge in [-0.25, -0.2) is 0 Å². The van der Waals surface area contributed by atoms with Gasteiger partial charge in [0.2, 0.25) is 0 Å². The van der Waals surface area contributed by atoms with E-state index < -0.39 is 0 Å². The van der Waals surface area contributed by atoms with Gasteiger partial charge in [-0.1, -0.05) is 51.1 Å². The number of para-hydroxylation sites is 1. The van der Waals surface area contributed by atoms with E-state index in [0.29, 0.717) is 17.4 Å². The number of aryl methyl sites for hydroxylation is 1. The molecule has 0 fully saturated rings. The van der Waals surface area contributed by atoms with E-state index in [-0.39, 0.29) is 23.4 Å². The molecule has 0 saturated heterocycles. The molecule has 0 spiro atoms. The maximum atomic E-state index is 12.8. The van der Waals surface area contributed by atoms with Crippen LogP contribution in [-0.2, 0) is 0 Å². The Balaban J connectivity index is 1.80. The number of carbonyl (C=O) groups is 1. The predicted octanol–water partition coefficient (Wildman–Crippen LogP) is 5.02. The summed E-state index contributed by atoms with van der Waals surface area (Å²) in [7, 11) is 0. The zero-order valence-electron chi connectivity index (χ0n) is 16.8. The Bertz CT molecular complexity index is 935. The number of nitrogens with one attached hydrogen (secondary N) is 2. The van der Waals surface area contributed by atoms with Crippen molar-refractivity contribution in [3.8, 4) is 0 Å². The van der Waals surface area contributed by atoms with Gasteiger partial charge in [-0.2, -0.15) is 0 Å². The second-order valence-electron chi connectivity index (χ2n) is 7.33. The predicted molar refractivity (Wildman–Crippen MR) is 109 cm³/mol. The van der Waals surface area contributed by atoms with E-state index in [0.717, 1.165) is 16.8 Å². The van der Waals surface area contributed by atoms with Gasteiger partial charge in [0.25, 0.3) is 5.91 Å². The van der Waals surface area contributed by atoms with Crippen molar-refractivity contribution >= 4 is 23.2 Å². The van der Waals surface area contributed by atoms with Crippen molar-refractivity contribution in [2.75, 3.05) is 10.6 Å². The molecule has 1 aromatic carbocycles. The van der Waals surface area contributed by atoms with Crippen molar-refractivity contribution in [2.45, 2.75) is 46.5 Å². The highest BCUT2D eigenvalue weighted by Gasteiger charge is 2.17. The van der Waals surface area contributed by atoms with Crippen molar-refractivity contribution in [3.05, 3.63) is 59.0 Å². The third kappa shape index (κ3) is 4.36. The normalized spacial score (nSPS) is 11.1. The van der Waals surface area contributed by atoms with Crippen molar-refractivity contribution < 1.29 is 9.32 Å². The van der Waals surface area contributed by atoms with E-state index in [1.807, 2.05) is 18.2 Å². The lowest BCUT2D eigenvalue weighted by molar-refractivity contribution is 0.102. The third-order valence-corrected chi connectivity index (χ3v) is 4.39. The molecule has 0 saturated carbocycles. The molecule has 28 heavy (non-hydrogen) atoms. The number of benzene rings is 1. The standard InChI is InChI=1S/C21H25N5O2/c1-12(2)15-7-6-8-16(13(3)4)20(15)23-21(27)17-9-10-18(25-24-17)22-19-11-14(5)28-26-19/h6-13H,1-5H3,(H,23,27)(H,22,25,26). The Morgan fingerprint density at radius 2 is 1.64 bits per heavy atom. The highest BCUT2D eigenvalue weighted by molar-refractivity contribution is 6.03. The summed E-state index contributed by atoms with van der Waals surface area (Å²) in [5.41, 5.74) is 3.31. The van der Waals surface area contributed by atoms with E-state index in [1.165, 1.54) is 0 Å². The SMILES string of the molecule is Cc1cc(Nc2ccc(C(=O)Nc3c(C(C)C)cccc3C(C)C)nn2)no1. The molecule has 0 atom stereocenters. The second kappa shape index (κ2) is 8.21. The topological polar surface area (TPSA) is 92.9 Å². The zero-order valence-corrected chi connectivity index (χ0v) is 16.8. The van der Waals surface area contributed by atoms with Crippen molar-refractivity contribution in [3.63, 3.8) is 0 Å². The fourth-order valence-corrected chi connectivity index (χ4v) is 2.95. The Kier molecular flexibility index (Phi) is 5.73. The van der Waals surface area contributed by atoms with Gasteiger partial charge in [0, 0.05) is 11.8 Å². The molecular weight excluding hydrogens is 354 g/mol. The number of amides is 1. The minimum atomic E-state index is -0.286. The molecular formula is C21H25N5O2. The molecule has 146 valence electrons. The molecule has 0 aliphatic rings. The van der Waals surface area contributed by atoms with Gasteiger partial charge in [-0.05, 0) is 42.0 Å². The number of hydrogen-bond donors (Lipinski definition) is 2. The highest BCUT2D eigenvalue weighted by atomic mass is 16.5. The van der Waals surface area contributed by atoms with Crippen LogP contribution in [0.1, 0.15) is 66.9 Å². The third-order valence-electron chi connectivity index (χ3n) is 4.39. The molecule has 0 radical (unpaired) electrons. The fraction of sp³-hybridized carbons (Fsp3) is 0.333. The first kappa shape index (κ1) is 19.5. The van der Waals surface area contributed by atoms with Crippen molar-refractivity contribution in [1.29, 1.82) is 0 Å². The maximum Gasteiger partial charge on any atom is 0.276 e. The van der Waals surface area contributed by atoms with Gasteiger partial charge in [-0.15, -0.1) is 10.2 Å². The van der Waals surface area contributed by atoms with Gasteiger partial charge >= 0.3 is 0 Å². The summed E-state index contributed by atoms with van der Waals surface area (Å²) < 4.78 is 5.00. The molecule has 2 aromatic heterocycles. The largest absolute Gasteiger partial charge is 0.360 e. The van der Waals surface area contributed by atoms with E-state index >= 15 is 0 Å². The molecule has 0 unspecified atom stereocenters. The monoisotopic (exact) mass is 379 g/mol. The lowest BCUT2D eigenvalue weighted by Crippen LogP contribution is -2.17. The average molecular weight is 379 g/mol. The van der Waals surface area contributed by atoms with Gasteiger partial charge in [0.05, 0.1) is 0 Å². The molecule has 0 aliphatic heterocycles. The molecule has 7 nitrogen and oxygen atoms in total. The van der Waals surface area contributed by atoms with Crippen molar-refractivity contribution in [1.82, 2.24) is 15.4 Å². The molecule has 2 heterocycles. The van der Waals surface area contributed by atoms with Crippen LogP contribution in [0.5, 0.6) is 0 Å². The number of hydrogen-bond acceptors (Lipinski definition) is 6. The minimum Gasteiger partial charge on any atom is -0.360 e. The average Bonchev–Trinajstić information content (AvgIpc) is 3.06. The van der Waals surface area contributed by atoms with Crippen LogP contribution in [0.3, 0.4) is 0 Å². The quantitative estimate of drug-likeness (QED) is 0.625. The van der Waals surface area contributed by atoms with Crippen molar-refractivity contribution in [2.24, 2.45) is 0 Å². The molecule has 0 aliphatic carbocycles. The summed E-state index contributed by atoms with van der Waals surface area (Å²) in [6.45, 7) is 10.3. The van der Waals surface area contributed by atoms with E-state index in [2.05, 4.69) is 53.7 Å². The number of nitrogens with zero attached hydrogens (tertiary/aromatic N) is 3. The summed E-state index contributed by atoms with van der Waals surface area (Å²) in [6.07, 6.45) is 0. The van der Waals surface area contributed by atoms with Gasteiger partial charge < -0.3 is 15.2 Å². The summed E-state index contributed by atoms with van der Waals surface area (Å²) in [5, 5.41) is 18.0. The molecule has 0 bridgehead atoms. The van der Waals surface area contributed by atoms with Crippen LogP contribution in [0, 0.1) is 6.92 Å². The van der Waals surface area contributed by atoms with Crippen LogP contribution in [0.25, 0.3) is 0 Å². The summed E-state index contributed by atoms with van der Waals surface area (Å²) in [6, 6.07) is 11.2. The first-order valence-corrected chi connectivity index (χ1v) is 9.33. The summed E-state index contributed by atoms with van der Waals surface area (Å²) in [5.74, 6) is 2.00. The highest BCUT2D eigenvalue weighted by Crippen LogP contribution is 2.32. The van der Waals surface area contributed by atoms with Crippen LogP contribution < -0.4 is 10.6 Å². The van der Waals surface area contributed by atoms with Gasteiger partial charge in [-0.3, -0.25) is 4.79 Å². The first-order chi connectivity index (χ1) is 13.3. The van der Waals surface area contributed by atoms with Crippen LogP contribution >= 0.6 is 0 Å². The summed E-state index contributed by atoms with van der Waals surface area (Å²) in [4.78, 5) is 12.8. The molecule has 7 heteroatoms. The number of aromatic nitrogens is 3. The van der Waals surface area contributed by atoms with E-state index in [9.17, 15) is 4.79 Å². The molecule has 3 rings (SSSR count). The molecule has 2 N–H and O–H groups in total. The summed E-state index contributed by atoms with van der Waals surface area (Å²) >= 11 is 0. The molecule has 1 amide bonds. The van der Waals surface area contributed by atoms with Crippen LogP contribution in [0.15, 0.2) is 40.9 Å². The Morgan fingerprint density at radius 1 is 0.964 bits per heavy atom. The fourth-order valence-electron chi connectivity index (χ4n) is 2.95. The van der Waals surface area contributed by atoms with Crippen LogP contribution in [0.4, 0.5) is 17.3 Å². The minimum absolute atomic E-state index is 0.246. The van der Waals surface area contributed by atoms with E-state index in [4.69, 9.17) is 4.52 Å². The van der Waals surface area contributed by atoms with Gasteiger partial charge in [0.1, 0.15) is 5.76 Å². The smallest absolute Gasteiger partial charge is 0.276 e. The van der Waals surface area contributed by atoms with E-state index in [1.54, 1.807) is 25.1 Å². The van der Waals surface area contributed by atoms with Crippen LogP contribution in [0.2, 0.25) is 0 Å². The Labute approximate surface area is 164 Å². The first-order valence-electron chi connectivity index (χ1n) is 9.33. The second-order valence-corrected chi connectivity index (χ2v) is 7.33. The lowest BCUT2D eigenvalue weighted by atomic mass is 9.92. The Hall–Kier alpha value is -3.22. The maximum absolute atomic E-state index is 12.8. The Morgan fingerprint density at radius 3 is 2.14 bits per heavy atom. The van der Waals surface area contributed by atoms with Gasteiger partial charge in [0.15, 0.2) is 17.3 Å². The molecule has 3 aromatic rings.